The molecule has 32 heavy (non-hydrogen) atoms. The lowest BCUT2D eigenvalue weighted by molar-refractivity contribution is -0.126. The van der Waals surface area contributed by atoms with Crippen LogP contribution in [0.4, 0.5) is 8.78 Å². The van der Waals surface area contributed by atoms with Gasteiger partial charge in [0, 0.05) is 23.3 Å². The van der Waals surface area contributed by atoms with Crippen LogP contribution in [0.15, 0.2) is 65.7 Å². The van der Waals surface area contributed by atoms with Crippen LogP contribution in [0.5, 0.6) is 0 Å². The van der Waals surface area contributed by atoms with Gasteiger partial charge in [0.2, 0.25) is 0 Å². The number of halogens is 2. The molecule has 0 spiro atoms. The molecule has 0 aliphatic heterocycles. The average molecular weight is 440 g/mol. The van der Waals surface area contributed by atoms with Crippen molar-refractivity contribution in [3.05, 3.63) is 89.7 Å². The van der Waals surface area contributed by atoms with Crippen LogP contribution in [0.25, 0.3) is 11.3 Å². The van der Waals surface area contributed by atoms with Gasteiger partial charge in [-0.2, -0.15) is 5.10 Å². The van der Waals surface area contributed by atoms with Gasteiger partial charge in [-0.25, -0.2) is 18.4 Å². The van der Waals surface area contributed by atoms with E-state index in [1.165, 1.54) is 23.4 Å². The lowest BCUT2D eigenvalue weighted by Crippen LogP contribution is -2.44. The summed E-state index contributed by atoms with van der Waals surface area (Å²) >= 11 is 0. The van der Waals surface area contributed by atoms with E-state index in [1.54, 1.807) is 13.0 Å². The summed E-state index contributed by atoms with van der Waals surface area (Å²) < 4.78 is 40.6. The molecule has 1 N–H and O–H groups in total. The van der Waals surface area contributed by atoms with E-state index in [2.05, 4.69) is 15.2 Å². The zero-order valence-corrected chi connectivity index (χ0v) is 17.6. The van der Waals surface area contributed by atoms with E-state index >= 15 is 0 Å². The van der Waals surface area contributed by atoms with E-state index in [0.717, 1.165) is 23.3 Å². The van der Waals surface area contributed by atoms with Gasteiger partial charge in [-0.15, -0.1) is 0 Å². The summed E-state index contributed by atoms with van der Waals surface area (Å²) in [5.74, 6) is -1.19. The highest BCUT2D eigenvalue weighted by Crippen LogP contribution is 2.32. The van der Waals surface area contributed by atoms with Gasteiger partial charge < -0.3 is 14.4 Å². The number of ether oxygens (including phenoxy) is 1. The first-order valence-electron chi connectivity index (χ1n) is 10.00. The Bertz CT molecular complexity index is 1200. The van der Waals surface area contributed by atoms with Crippen molar-refractivity contribution in [3.8, 4) is 11.3 Å². The highest BCUT2D eigenvalue weighted by Gasteiger charge is 2.40. The maximum absolute atomic E-state index is 14.6. The Kier molecular flexibility index (Phi) is 6.11. The molecule has 2 atom stereocenters. The zero-order valence-electron chi connectivity index (χ0n) is 17.6. The lowest BCUT2D eigenvalue weighted by atomic mass is 9.88. The molecule has 2 heterocycles. The Morgan fingerprint density at radius 3 is 2.75 bits per heavy atom. The Labute approximate surface area is 183 Å². The van der Waals surface area contributed by atoms with Gasteiger partial charge in [0.25, 0.3) is 0 Å². The summed E-state index contributed by atoms with van der Waals surface area (Å²) in [5.41, 5.74) is 0.688. The molecule has 0 unspecified atom stereocenters. The molecule has 0 fully saturated rings. The van der Waals surface area contributed by atoms with E-state index < -0.39 is 23.3 Å². The van der Waals surface area contributed by atoms with Crippen molar-refractivity contribution in [3.63, 3.8) is 0 Å². The van der Waals surface area contributed by atoms with Crippen LogP contribution in [0.3, 0.4) is 0 Å². The number of nitrogens with zero attached hydrogens (tertiary/aromatic N) is 4. The SMILES string of the molecule is Cc1cccc(-c2cc(CO[C@H](C)[C@](O)(Cn3cncn3)c3ccc(F)cc3F)on2)c1. The second kappa shape index (κ2) is 8.97. The van der Waals surface area contributed by atoms with Crippen LogP contribution in [-0.4, -0.2) is 31.1 Å². The normalized spacial score (nSPS) is 14.3. The number of aryl methyl sites for hydroxylation is 1. The molecule has 4 aromatic rings. The predicted octanol–water partition coefficient (Wildman–Crippen LogP) is 4.01. The summed E-state index contributed by atoms with van der Waals surface area (Å²) in [5, 5.41) is 19.5. The van der Waals surface area contributed by atoms with Crippen molar-refractivity contribution < 1.29 is 23.1 Å². The standard InChI is InChI=1S/C23H22F2N4O3/c1-15-4-3-5-17(8-15)22-10-19(32-28-22)11-31-16(2)23(30,12-29-14-26-13-27-29)20-7-6-18(24)9-21(20)25/h3-10,13-14,16,30H,11-12H2,1-2H3/t16-,23-/m1/s1. The van der Waals surface area contributed by atoms with Crippen LogP contribution in [-0.2, 0) is 23.5 Å². The van der Waals surface area contributed by atoms with E-state index in [-0.39, 0.29) is 18.7 Å². The zero-order chi connectivity index (χ0) is 22.7. The molecule has 0 saturated carbocycles. The topological polar surface area (TPSA) is 86.2 Å². The van der Waals surface area contributed by atoms with Crippen LogP contribution in [0.1, 0.15) is 23.8 Å². The molecule has 166 valence electrons. The van der Waals surface area contributed by atoms with E-state index in [9.17, 15) is 13.9 Å². The Hall–Kier alpha value is -3.43. The minimum Gasteiger partial charge on any atom is -0.380 e. The van der Waals surface area contributed by atoms with Gasteiger partial charge in [0.15, 0.2) is 5.76 Å². The molecule has 7 nitrogen and oxygen atoms in total. The first-order valence-corrected chi connectivity index (χ1v) is 10.00. The molecule has 2 aromatic heterocycles. The molecule has 0 bridgehead atoms. The molecule has 0 radical (unpaired) electrons. The smallest absolute Gasteiger partial charge is 0.163 e. The molecule has 0 saturated heterocycles. The van der Waals surface area contributed by atoms with Crippen molar-refractivity contribution in [2.45, 2.75) is 38.7 Å². The number of hydrogen-bond acceptors (Lipinski definition) is 6. The monoisotopic (exact) mass is 440 g/mol. The van der Waals surface area contributed by atoms with Crippen LogP contribution < -0.4 is 0 Å². The van der Waals surface area contributed by atoms with Gasteiger partial charge >= 0.3 is 0 Å². The van der Waals surface area contributed by atoms with E-state index in [0.29, 0.717) is 11.5 Å². The Balaban J connectivity index is 1.55. The fourth-order valence-electron chi connectivity index (χ4n) is 3.50. The summed E-state index contributed by atoms with van der Waals surface area (Å²) in [7, 11) is 0. The maximum Gasteiger partial charge on any atom is 0.163 e. The maximum atomic E-state index is 14.6. The minimum atomic E-state index is -1.86. The molecular weight excluding hydrogens is 418 g/mol. The molecule has 0 amide bonds. The average Bonchev–Trinajstić information content (AvgIpc) is 3.44. The van der Waals surface area contributed by atoms with Crippen LogP contribution in [0, 0.1) is 18.6 Å². The van der Waals surface area contributed by atoms with Gasteiger partial charge in [-0.1, -0.05) is 35.0 Å². The summed E-state index contributed by atoms with van der Waals surface area (Å²) in [6.45, 7) is 3.42. The highest BCUT2D eigenvalue weighted by atomic mass is 19.1. The first-order chi connectivity index (χ1) is 15.3. The second-order valence-corrected chi connectivity index (χ2v) is 7.64. The molecule has 2 aromatic carbocycles. The third-order valence-electron chi connectivity index (χ3n) is 5.29. The molecule has 0 aliphatic rings. The molecule has 0 aliphatic carbocycles. The summed E-state index contributed by atoms with van der Waals surface area (Å²) in [6, 6.07) is 12.6. The van der Waals surface area contributed by atoms with E-state index in [4.69, 9.17) is 9.26 Å². The van der Waals surface area contributed by atoms with Crippen LogP contribution in [0.2, 0.25) is 0 Å². The third kappa shape index (κ3) is 4.58. The van der Waals surface area contributed by atoms with Crippen molar-refractivity contribution in [1.29, 1.82) is 0 Å². The number of benzene rings is 2. The van der Waals surface area contributed by atoms with Gasteiger partial charge in [0.05, 0.1) is 12.6 Å². The second-order valence-electron chi connectivity index (χ2n) is 7.64. The summed E-state index contributed by atoms with van der Waals surface area (Å²) in [6.07, 6.45) is 1.78. The van der Waals surface area contributed by atoms with Gasteiger partial charge in [-0.05, 0) is 26.0 Å². The number of hydrogen-bond donors (Lipinski definition) is 1. The van der Waals surface area contributed by atoms with Gasteiger partial charge in [-0.3, -0.25) is 0 Å². The van der Waals surface area contributed by atoms with Crippen LogP contribution >= 0.6 is 0 Å². The lowest BCUT2D eigenvalue weighted by Gasteiger charge is -2.34. The number of aliphatic hydroxyl groups is 1. The Morgan fingerprint density at radius 1 is 1.19 bits per heavy atom. The van der Waals surface area contributed by atoms with Crippen molar-refractivity contribution in [2.75, 3.05) is 0 Å². The minimum absolute atomic E-state index is 0.0114. The predicted molar refractivity (Wildman–Crippen MR) is 111 cm³/mol. The molecular formula is C23H22F2N4O3. The fraction of sp³-hybridized carbons (Fsp3) is 0.261. The van der Waals surface area contributed by atoms with Crippen molar-refractivity contribution in [2.24, 2.45) is 0 Å². The molecule has 4 rings (SSSR count). The summed E-state index contributed by atoms with van der Waals surface area (Å²) in [4.78, 5) is 3.85. The Morgan fingerprint density at radius 2 is 2.03 bits per heavy atom. The largest absolute Gasteiger partial charge is 0.380 e. The van der Waals surface area contributed by atoms with Crippen molar-refractivity contribution >= 4 is 0 Å². The third-order valence-corrected chi connectivity index (χ3v) is 5.29. The number of rotatable bonds is 8. The van der Waals surface area contributed by atoms with Crippen molar-refractivity contribution in [1.82, 2.24) is 19.9 Å². The van der Waals surface area contributed by atoms with Gasteiger partial charge in [0.1, 0.15) is 42.2 Å². The molecule has 9 heteroatoms. The van der Waals surface area contributed by atoms with E-state index in [1.807, 2.05) is 31.2 Å². The first kappa shape index (κ1) is 21.8. The quantitative estimate of drug-likeness (QED) is 0.446. The highest BCUT2D eigenvalue weighted by molar-refractivity contribution is 5.59. The fourth-order valence-corrected chi connectivity index (χ4v) is 3.50. The number of aromatic nitrogens is 4.